The van der Waals surface area contributed by atoms with Gasteiger partial charge in [0.1, 0.15) is 0 Å². The Morgan fingerprint density at radius 3 is 2.41 bits per heavy atom. The van der Waals surface area contributed by atoms with Gasteiger partial charge in [-0.25, -0.2) is 0 Å². The minimum atomic E-state index is -0.322. The van der Waals surface area contributed by atoms with Crippen LogP contribution in [0, 0.1) is 6.92 Å². The fraction of sp³-hybridized carbons (Fsp3) is 0.316. The molecule has 2 aromatic carbocycles. The molecule has 0 atom stereocenters. The first-order valence-electron chi connectivity index (χ1n) is 7.92. The summed E-state index contributed by atoms with van der Waals surface area (Å²) in [6, 6.07) is 16.8. The standard InChI is InChI=1S/C19H20N2O/c1-14-6-8-15(9-7-14)21-12-10-19(11-13-21)16-4-2-3-5-17(16)20-18(19)22/h2-9H,10-13H2,1H3,(H,20,22). The first kappa shape index (κ1) is 13.4. The Morgan fingerprint density at radius 2 is 1.68 bits per heavy atom. The Bertz CT molecular complexity index is 712. The molecular weight excluding hydrogens is 272 g/mol. The van der Waals surface area contributed by atoms with Crippen LogP contribution in [0.5, 0.6) is 0 Å². The van der Waals surface area contributed by atoms with Gasteiger partial charge in [0.25, 0.3) is 0 Å². The van der Waals surface area contributed by atoms with Gasteiger partial charge in [-0.1, -0.05) is 35.9 Å². The lowest BCUT2D eigenvalue weighted by atomic mass is 9.73. The van der Waals surface area contributed by atoms with E-state index in [1.54, 1.807) is 0 Å². The third kappa shape index (κ3) is 1.92. The van der Waals surface area contributed by atoms with Crippen molar-refractivity contribution in [3.63, 3.8) is 0 Å². The van der Waals surface area contributed by atoms with Crippen LogP contribution in [-0.4, -0.2) is 19.0 Å². The highest BCUT2D eigenvalue weighted by Crippen LogP contribution is 2.45. The first-order chi connectivity index (χ1) is 10.7. The molecule has 0 aliphatic carbocycles. The first-order valence-corrected chi connectivity index (χ1v) is 7.92. The highest BCUT2D eigenvalue weighted by Gasteiger charge is 2.48. The van der Waals surface area contributed by atoms with Gasteiger partial charge in [-0.3, -0.25) is 4.79 Å². The summed E-state index contributed by atoms with van der Waals surface area (Å²) in [6.45, 7) is 3.95. The molecule has 1 spiro atoms. The molecule has 4 rings (SSSR count). The Hall–Kier alpha value is -2.29. The average molecular weight is 292 g/mol. The van der Waals surface area contributed by atoms with E-state index in [2.05, 4.69) is 47.5 Å². The van der Waals surface area contributed by atoms with Gasteiger partial charge in [0.15, 0.2) is 0 Å². The zero-order chi connectivity index (χ0) is 15.2. The number of fused-ring (bicyclic) bond motifs is 2. The molecule has 3 nitrogen and oxygen atoms in total. The summed E-state index contributed by atoms with van der Waals surface area (Å²) in [4.78, 5) is 15.0. The van der Waals surface area contributed by atoms with E-state index in [-0.39, 0.29) is 11.3 Å². The Balaban J connectivity index is 1.59. The summed E-state index contributed by atoms with van der Waals surface area (Å²) in [5.41, 5.74) is 4.39. The zero-order valence-corrected chi connectivity index (χ0v) is 12.8. The van der Waals surface area contributed by atoms with Crippen LogP contribution in [0.3, 0.4) is 0 Å². The molecule has 3 heteroatoms. The third-order valence-corrected chi connectivity index (χ3v) is 5.14. The Morgan fingerprint density at radius 1 is 1.00 bits per heavy atom. The number of amides is 1. The van der Waals surface area contributed by atoms with E-state index in [1.165, 1.54) is 16.8 Å². The molecule has 0 radical (unpaired) electrons. The summed E-state index contributed by atoms with van der Waals surface area (Å²) >= 11 is 0. The van der Waals surface area contributed by atoms with Gasteiger partial charge in [0.05, 0.1) is 5.41 Å². The van der Waals surface area contributed by atoms with E-state index in [4.69, 9.17) is 0 Å². The maximum absolute atomic E-state index is 12.6. The molecule has 1 fully saturated rings. The van der Waals surface area contributed by atoms with E-state index in [0.717, 1.165) is 31.6 Å². The minimum absolute atomic E-state index is 0.178. The quantitative estimate of drug-likeness (QED) is 0.872. The van der Waals surface area contributed by atoms with Gasteiger partial charge < -0.3 is 10.2 Å². The second kappa shape index (κ2) is 4.87. The number of carbonyl (C=O) groups excluding carboxylic acids is 1. The van der Waals surface area contributed by atoms with Gasteiger partial charge in [-0.15, -0.1) is 0 Å². The minimum Gasteiger partial charge on any atom is -0.371 e. The van der Waals surface area contributed by atoms with Crippen LogP contribution < -0.4 is 10.2 Å². The number of hydrogen-bond acceptors (Lipinski definition) is 2. The van der Waals surface area contributed by atoms with Gasteiger partial charge in [0, 0.05) is 24.5 Å². The van der Waals surface area contributed by atoms with Crippen molar-refractivity contribution in [3.8, 4) is 0 Å². The van der Waals surface area contributed by atoms with Gasteiger partial charge >= 0.3 is 0 Å². The molecule has 2 heterocycles. The molecule has 1 N–H and O–H groups in total. The van der Waals surface area contributed by atoms with Crippen molar-refractivity contribution >= 4 is 17.3 Å². The van der Waals surface area contributed by atoms with Crippen molar-refractivity contribution < 1.29 is 4.79 Å². The van der Waals surface area contributed by atoms with E-state index < -0.39 is 0 Å². The van der Waals surface area contributed by atoms with Crippen LogP contribution in [-0.2, 0) is 10.2 Å². The van der Waals surface area contributed by atoms with E-state index in [9.17, 15) is 4.79 Å². The molecule has 1 amide bonds. The molecule has 0 saturated carbocycles. The molecule has 2 aliphatic heterocycles. The number of hydrogen-bond donors (Lipinski definition) is 1. The highest BCUT2D eigenvalue weighted by atomic mass is 16.2. The molecule has 0 aromatic heterocycles. The predicted molar refractivity (Wildman–Crippen MR) is 89.4 cm³/mol. The second-order valence-electron chi connectivity index (χ2n) is 6.40. The predicted octanol–water partition coefficient (Wildman–Crippen LogP) is 3.49. The number of nitrogens with one attached hydrogen (secondary N) is 1. The third-order valence-electron chi connectivity index (χ3n) is 5.14. The summed E-state index contributed by atoms with van der Waals surface area (Å²) in [7, 11) is 0. The van der Waals surface area contributed by atoms with E-state index >= 15 is 0 Å². The second-order valence-corrected chi connectivity index (χ2v) is 6.40. The SMILES string of the molecule is Cc1ccc(N2CCC3(CC2)C(=O)Nc2ccccc23)cc1. The Labute approximate surface area is 131 Å². The topological polar surface area (TPSA) is 32.3 Å². The normalized spacial score (nSPS) is 19.1. The lowest BCUT2D eigenvalue weighted by Crippen LogP contribution is -2.46. The van der Waals surface area contributed by atoms with E-state index in [1.807, 2.05) is 18.2 Å². The molecule has 1 saturated heterocycles. The number of carbonyl (C=O) groups is 1. The zero-order valence-electron chi connectivity index (χ0n) is 12.8. The number of benzene rings is 2. The van der Waals surface area contributed by atoms with Crippen LogP contribution in [0.2, 0.25) is 0 Å². The number of aryl methyl sites for hydroxylation is 1. The van der Waals surface area contributed by atoms with Crippen molar-refractivity contribution in [2.75, 3.05) is 23.3 Å². The van der Waals surface area contributed by atoms with Crippen molar-refractivity contribution in [1.82, 2.24) is 0 Å². The number of para-hydroxylation sites is 1. The fourth-order valence-electron chi connectivity index (χ4n) is 3.77. The molecule has 2 aliphatic rings. The molecular formula is C19H20N2O. The van der Waals surface area contributed by atoms with E-state index in [0.29, 0.717) is 0 Å². The van der Waals surface area contributed by atoms with Gasteiger partial charge in [0.2, 0.25) is 5.91 Å². The summed E-state index contributed by atoms with van der Waals surface area (Å²) in [5.74, 6) is 0.178. The molecule has 112 valence electrons. The van der Waals surface area contributed by atoms with Crippen LogP contribution >= 0.6 is 0 Å². The fourth-order valence-corrected chi connectivity index (χ4v) is 3.77. The largest absolute Gasteiger partial charge is 0.371 e. The maximum atomic E-state index is 12.6. The van der Waals surface area contributed by atoms with Gasteiger partial charge in [-0.2, -0.15) is 0 Å². The highest BCUT2D eigenvalue weighted by molar-refractivity contribution is 6.06. The van der Waals surface area contributed by atoms with Crippen LogP contribution in [0.25, 0.3) is 0 Å². The summed E-state index contributed by atoms with van der Waals surface area (Å²) in [5, 5.41) is 3.06. The number of anilines is 2. The van der Waals surface area contributed by atoms with Crippen LogP contribution in [0.1, 0.15) is 24.0 Å². The lowest BCUT2D eigenvalue weighted by Gasteiger charge is -2.39. The molecule has 2 aromatic rings. The van der Waals surface area contributed by atoms with Crippen LogP contribution in [0.15, 0.2) is 48.5 Å². The van der Waals surface area contributed by atoms with Crippen molar-refractivity contribution in [1.29, 1.82) is 0 Å². The van der Waals surface area contributed by atoms with Crippen molar-refractivity contribution in [2.24, 2.45) is 0 Å². The molecule has 0 unspecified atom stereocenters. The lowest BCUT2D eigenvalue weighted by molar-refractivity contribution is -0.121. The summed E-state index contributed by atoms with van der Waals surface area (Å²) in [6.07, 6.45) is 1.76. The number of rotatable bonds is 1. The average Bonchev–Trinajstić information content (AvgIpc) is 2.82. The van der Waals surface area contributed by atoms with Crippen LogP contribution in [0.4, 0.5) is 11.4 Å². The number of piperidine rings is 1. The summed E-state index contributed by atoms with van der Waals surface area (Å²) < 4.78 is 0. The monoisotopic (exact) mass is 292 g/mol. The molecule has 0 bridgehead atoms. The smallest absolute Gasteiger partial charge is 0.235 e. The Kier molecular flexibility index (Phi) is 2.96. The van der Waals surface area contributed by atoms with Gasteiger partial charge in [-0.05, 0) is 43.5 Å². The van der Waals surface area contributed by atoms with Crippen molar-refractivity contribution in [3.05, 3.63) is 59.7 Å². The maximum Gasteiger partial charge on any atom is 0.235 e. The van der Waals surface area contributed by atoms with Crippen molar-refractivity contribution in [2.45, 2.75) is 25.2 Å². The number of nitrogens with zero attached hydrogens (tertiary/aromatic N) is 1. The molecule has 22 heavy (non-hydrogen) atoms.